The summed E-state index contributed by atoms with van der Waals surface area (Å²) in [6.45, 7) is 7.65. The van der Waals surface area contributed by atoms with Crippen LogP contribution in [0.15, 0.2) is 0 Å². The second-order valence-electron chi connectivity index (χ2n) is 6.48. The van der Waals surface area contributed by atoms with Gasteiger partial charge in [-0.15, -0.1) is 10.2 Å². The Kier molecular flexibility index (Phi) is 4.97. The van der Waals surface area contributed by atoms with E-state index in [1.54, 1.807) is 0 Å². The second kappa shape index (κ2) is 6.51. The molecule has 2 rings (SSSR count). The van der Waals surface area contributed by atoms with Gasteiger partial charge in [-0.3, -0.25) is 0 Å². The highest BCUT2D eigenvalue weighted by Crippen LogP contribution is 2.26. The van der Waals surface area contributed by atoms with Gasteiger partial charge in [0.1, 0.15) is 11.6 Å². The van der Waals surface area contributed by atoms with Crippen LogP contribution in [0.25, 0.3) is 0 Å². The molecule has 0 saturated heterocycles. The van der Waals surface area contributed by atoms with Gasteiger partial charge < -0.3 is 10.3 Å². The van der Waals surface area contributed by atoms with Crippen LogP contribution >= 0.6 is 0 Å². The molecule has 4 nitrogen and oxygen atoms in total. The van der Waals surface area contributed by atoms with E-state index in [1.807, 2.05) is 0 Å². The molecule has 4 heteroatoms. The van der Waals surface area contributed by atoms with Crippen LogP contribution < -0.4 is 5.73 Å². The molecule has 1 saturated carbocycles. The van der Waals surface area contributed by atoms with E-state index in [9.17, 15) is 0 Å². The standard InChI is InChI=1S/C15H28N4/c1-11(2)8-9-19-12(3)17-18-15(19)10-13-4-6-14(16)7-5-13/h11,13-14H,4-10,16H2,1-3H3. The molecule has 0 aromatic carbocycles. The van der Waals surface area contributed by atoms with Crippen molar-refractivity contribution in [1.29, 1.82) is 0 Å². The van der Waals surface area contributed by atoms with E-state index < -0.39 is 0 Å². The Morgan fingerprint density at radius 2 is 1.89 bits per heavy atom. The zero-order chi connectivity index (χ0) is 13.8. The fraction of sp³-hybridized carbons (Fsp3) is 0.867. The highest BCUT2D eigenvalue weighted by atomic mass is 15.3. The highest BCUT2D eigenvalue weighted by molar-refractivity contribution is 4.96. The lowest BCUT2D eigenvalue weighted by Gasteiger charge is -2.25. The van der Waals surface area contributed by atoms with E-state index in [1.165, 1.54) is 37.9 Å². The molecule has 0 unspecified atom stereocenters. The van der Waals surface area contributed by atoms with Gasteiger partial charge in [-0.25, -0.2) is 0 Å². The molecule has 1 aliphatic carbocycles. The molecule has 0 spiro atoms. The molecule has 1 aromatic heterocycles. The average molecular weight is 264 g/mol. The van der Waals surface area contributed by atoms with Gasteiger partial charge in [-0.05, 0) is 50.9 Å². The van der Waals surface area contributed by atoms with Crippen LogP contribution in [-0.4, -0.2) is 20.8 Å². The van der Waals surface area contributed by atoms with E-state index in [4.69, 9.17) is 5.73 Å². The van der Waals surface area contributed by atoms with Crippen molar-refractivity contribution in [3.05, 3.63) is 11.6 Å². The highest BCUT2D eigenvalue weighted by Gasteiger charge is 2.21. The average Bonchev–Trinajstić information content (AvgIpc) is 2.70. The van der Waals surface area contributed by atoms with Crippen molar-refractivity contribution in [2.24, 2.45) is 17.6 Å². The van der Waals surface area contributed by atoms with E-state index in [-0.39, 0.29) is 0 Å². The van der Waals surface area contributed by atoms with Gasteiger partial charge in [-0.1, -0.05) is 13.8 Å². The fourth-order valence-electron chi connectivity index (χ4n) is 2.90. The van der Waals surface area contributed by atoms with Crippen LogP contribution in [0.1, 0.15) is 57.6 Å². The number of aromatic nitrogens is 3. The number of rotatable bonds is 5. The van der Waals surface area contributed by atoms with Gasteiger partial charge in [0.25, 0.3) is 0 Å². The third-order valence-corrected chi connectivity index (χ3v) is 4.31. The Labute approximate surface area is 116 Å². The predicted molar refractivity (Wildman–Crippen MR) is 77.9 cm³/mol. The zero-order valence-corrected chi connectivity index (χ0v) is 12.6. The summed E-state index contributed by atoms with van der Waals surface area (Å²) in [5.74, 6) is 3.71. The van der Waals surface area contributed by atoms with Crippen LogP contribution in [0.3, 0.4) is 0 Å². The molecule has 2 N–H and O–H groups in total. The SMILES string of the molecule is Cc1nnc(CC2CCC(N)CC2)n1CCC(C)C. The monoisotopic (exact) mass is 264 g/mol. The molecule has 0 aliphatic heterocycles. The van der Waals surface area contributed by atoms with E-state index >= 15 is 0 Å². The van der Waals surface area contributed by atoms with Crippen molar-refractivity contribution in [1.82, 2.24) is 14.8 Å². The molecule has 1 heterocycles. The van der Waals surface area contributed by atoms with Gasteiger partial charge in [0.2, 0.25) is 0 Å². The Balaban J connectivity index is 1.96. The Hall–Kier alpha value is -0.900. The predicted octanol–water partition coefficient (Wildman–Crippen LogP) is 2.69. The Morgan fingerprint density at radius 3 is 2.53 bits per heavy atom. The van der Waals surface area contributed by atoms with E-state index in [2.05, 4.69) is 35.5 Å². The summed E-state index contributed by atoms with van der Waals surface area (Å²) in [7, 11) is 0. The zero-order valence-electron chi connectivity index (χ0n) is 12.6. The first kappa shape index (κ1) is 14.5. The number of hydrogen-bond acceptors (Lipinski definition) is 3. The minimum Gasteiger partial charge on any atom is -0.328 e. The molecule has 108 valence electrons. The van der Waals surface area contributed by atoms with Gasteiger partial charge in [0.15, 0.2) is 0 Å². The molecular weight excluding hydrogens is 236 g/mol. The Bertz CT molecular complexity index is 389. The largest absolute Gasteiger partial charge is 0.328 e. The van der Waals surface area contributed by atoms with Crippen molar-refractivity contribution in [3.8, 4) is 0 Å². The molecule has 0 atom stereocenters. The van der Waals surface area contributed by atoms with Gasteiger partial charge in [-0.2, -0.15) is 0 Å². The molecular formula is C15H28N4. The van der Waals surface area contributed by atoms with Crippen molar-refractivity contribution in [2.75, 3.05) is 0 Å². The maximum Gasteiger partial charge on any atom is 0.133 e. The summed E-state index contributed by atoms with van der Waals surface area (Å²) in [6, 6.07) is 0.428. The van der Waals surface area contributed by atoms with Crippen molar-refractivity contribution in [3.63, 3.8) is 0 Å². The maximum absolute atomic E-state index is 5.97. The molecule has 1 fully saturated rings. The molecule has 0 radical (unpaired) electrons. The Morgan fingerprint density at radius 1 is 1.21 bits per heavy atom. The van der Waals surface area contributed by atoms with E-state index in [0.29, 0.717) is 6.04 Å². The van der Waals surface area contributed by atoms with Gasteiger partial charge >= 0.3 is 0 Å². The lowest BCUT2D eigenvalue weighted by atomic mass is 9.84. The van der Waals surface area contributed by atoms with Crippen LogP contribution in [0.2, 0.25) is 0 Å². The van der Waals surface area contributed by atoms with Gasteiger partial charge in [0, 0.05) is 19.0 Å². The first-order chi connectivity index (χ1) is 9.06. The molecule has 0 amide bonds. The lowest BCUT2D eigenvalue weighted by molar-refractivity contribution is 0.317. The number of aryl methyl sites for hydroxylation is 1. The summed E-state index contributed by atoms with van der Waals surface area (Å²) in [5, 5.41) is 8.65. The molecule has 1 aromatic rings. The summed E-state index contributed by atoms with van der Waals surface area (Å²) in [4.78, 5) is 0. The maximum atomic E-state index is 5.97. The first-order valence-electron chi connectivity index (χ1n) is 7.70. The minimum absolute atomic E-state index is 0.428. The third-order valence-electron chi connectivity index (χ3n) is 4.31. The smallest absolute Gasteiger partial charge is 0.133 e. The van der Waals surface area contributed by atoms with Crippen molar-refractivity contribution < 1.29 is 0 Å². The minimum atomic E-state index is 0.428. The third kappa shape index (κ3) is 4.03. The summed E-state index contributed by atoms with van der Waals surface area (Å²) >= 11 is 0. The van der Waals surface area contributed by atoms with E-state index in [0.717, 1.165) is 30.6 Å². The number of hydrogen-bond donors (Lipinski definition) is 1. The van der Waals surface area contributed by atoms with Crippen molar-refractivity contribution in [2.45, 2.75) is 71.9 Å². The summed E-state index contributed by atoms with van der Waals surface area (Å²) in [6.07, 6.45) is 7.11. The second-order valence-corrected chi connectivity index (χ2v) is 6.48. The topological polar surface area (TPSA) is 56.7 Å². The normalized spacial score (nSPS) is 24.1. The van der Waals surface area contributed by atoms with Crippen molar-refractivity contribution >= 4 is 0 Å². The quantitative estimate of drug-likeness (QED) is 0.889. The van der Waals surface area contributed by atoms with Crippen LogP contribution in [0.5, 0.6) is 0 Å². The molecule has 0 bridgehead atoms. The number of nitrogens with two attached hydrogens (primary N) is 1. The summed E-state index contributed by atoms with van der Waals surface area (Å²) in [5.41, 5.74) is 5.97. The summed E-state index contributed by atoms with van der Waals surface area (Å²) < 4.78 is 2.31. The van der Waals surface area contributed by atoms with Crippen LogP contribution in [-0.2, 0) is 13.0 Å². The fourth-order valence-corrected chi connectivity index (χ4v) is 2.90. The van der Waals surface area contributed by atoms with Crippen LogP contribution in [0.4, 0.5) is 0 Å². The first-order valence-corrected chi connectivity index (χ1v) is 7.70. The van der Waals surface area contributed by atoms with Crippen LogP contribution in [0, 0.1) is 18.8 Å². The number of nitrogens with zero attached hydrogens (tertiary/aromatic N) is 3. The molecule has 19 heavy (non-hydrogen) atoms. The molecule has 1 aliphatic rings. The lowest BCUT2D eigenvalue weighted by Crippen LogP contribution is -2.27. The van der Waals surface area contributed by atoms with Gasteiger partial charge in [0.05, 0.1) is 0 Å².